The number of halogens is 1. The third-order valence-electron chi connectivity index (χ3n) is 5.38. The Morgan fingerprint density at radius 3 is 2.60 bits per heavy atom. The predicted molar refractivity (Wildman–Crippen MR) is 121 cm³/mol. The number of nitrogens with two attached hydrogens (primary N) is 1. The molecule has 30 heavy (non-hydrogen) atoms. The second kappa shape index (κ2) is 9.28. The number of hydrogen-bond acceptors (Lipinski definition) is 5. The average molecular weight is 427 g/mol. The molecule has 0 bridgehead atoms. The number of nitrogens with zero attached hydrogens (tertiary/aromatic N) is 4. The van der Waals surface area contributed by atoms with Crippen molar-refractivity contribution in [3.8, 4) is 5.69 Å². The molecule has 0 unspecified atom stereocenters. The molecule has 2 atom stereocenters. The van der Waals surface area contributed by atoms with Crippen molar-refractivity contribution in [2.75, 3.05) is 10.2 Å². The molecule has 1 aliphatic rings. The topological polar surface area (TPSA) is 89.1 Å². The molecule has 0 fully saturated rings. The van der Waals surface area contributed by atoms with Gasteiger partial charge in [0.2, 0.25) is 5.91 Å². The largest absolute Gasteiger partial charge is 0.378 e. The van der Waals surface area contributed by atoms with E-state index in [0.29, 0.717) is 13.0 Å². The van der Waals surface area contributed by atoms with Gasteiger partial charge in [0.15, 0.2) is 0 Å². The molecule has 0 radical (unpaired) electrons. The fraction of sp³-hybridized carbons (Fsp3) is 0.318. The quantitative estimate of drug-likeness (QED) is 0.647. The summed E-state index contributed by atoms with van der Waals surface area (Å²) in [5.74, 6) is 0.164. The zero-order valence-corrected chi connectivity index (χ0v) is 18.0. The molecule has 4 rings (SSSR count). The van der Waals surface area contributed by atoms with E-state index in [1.54, 1.807) is 4.68 Å². The summed E-state index contributed by atoms with van der Waals surface area (Å²) in [5.41, 5.74) is 10.5. The molecule has 8 heteroatoms. The van der Waals surface area contributed by atoms with Gasteiger partial charge in [0.25, 0.3) is 0 Å². The molecular formula is C22H27ClN6O. The number of hydrogen-bond donors (Lipinski definition) is 2. The van der Waals surface area contributed by atoms with Gasteiger partial charge in [-0.1, -0.05) is 30.3 Å². The second-order valence-electron chi connectivity index (χ2n) is 7.36. The summed E-state index contributed by atoms with van der Waals surface area (Å²) in [4.78, 5) is 14.4. The number of amides is 1. The second-order valence-corrected chi connectivity index (χ2v) is 7.36. The van der Waals surface area contributed by atoms with Crippen LogP contribution in [-0.2, 0) is 11.3 Å². The zero-order valence-electron chi connectivity index (χ0n) is 17.2. The van der Waals surface area contributed by atoms with E-state index < -0.39 is 0 Å². The van der Waals surface area contributed by atoms with E-state index in [1.807, 2.05) is 60.5 Å². The smallest absolute Gasteiger partial charge is 0.226 e. The Hall–Kier alpha value is -2.90. The highest BCUT2D eigenvalue weighted by atomic mass is 35.5. The standard InChI is InChI=1S/C22H26N6O.ClH/c1-3-22(29)28-15(2)12-20(19-6-4-5-7-21(19)28)24-16-8-10-18(11-9-16)27-14-17(13-23)25-26-27;/h4-11,14-15,20,24H,3,12-13,23H2,1-2H3;1H/t15-,20+;/m0./s1. The van der Waals surface area contributed by atoms with Gasteiger partial charge < -0.3 is 16.0 Å². The number of rotatable bonds is 5. The zero-order chi connectivity index (χ0) is 20.4. The Morgan fingerprint density at radius 2 is 1.93 bits per heavy atom. The predicted octanol–water partition coefficient (Wildman–Crippen LogP) is 3.84. The monoisotopic (exact) mass is 426 g/mol. The van der Waals surface area contributed by atoms with Gasteiger partial charge in [0.1, 0.15) is 0 Å². The molecule has 0 aliphatic carbocycles. The van der Waals surface area contributed by atoms with E-state index in [9.17, 15) is 4.79 Å². The lowest BCUT2D eigenvalue weighted by molar-refractivity contribution is -0.118. The summed E-state index contributed by atoms with van der Waals surface area (Å²) in [6.45, 7) is 4.40. The van der Waals surface area contributed by atoms with Crippen LogP contribution in [0.25, 0.3) is 5.69 Å². The van der Waals surface area contributed by atoms with Crippen molar-refractivity contribution >= 4 is 29.7 Å². The Morgan fingerprint density at radius 1 is 1.20 bits per heavy atom. The van der Waals surface area contributed by atoms with Crippen LogP contribution in [0.1, 0.15) is 44.0 Å². The highest BCUT2D eigenvalue weighted by molar-refractivity contribution is 5.95. The van der Waals surface area contributed by atoms with Crippen molar-refractivity contribution < 1.29 is 4.79 Å². The fourth-order valence-corrected chi connectivity index (χ4v) is 3.93. The van der Waals surface area contributed by atoms with Crippen LogP contribution in [-0.4, -0.2) is 26.9 Å². The molecule has 7 nitrogen and oxygen atoms in total. The number of nitrogens with one attached hydrogen (secondary N) is 1. The molecule has 1 aliphatic heterocycles. The maximum atomic E-state index is 12.5. The summed E-state index contributed by atoms with van der Waals surface area (Å²) in [5, 5.41) is 11.8. The summed E-state index contributed by atoms with van der Waals surface area (Å²) in [6.07, 6.45) is 3.20. The Bertz CT molecular complexity index is 1000. The molecule has 0 spiro atoms. The molecule has 3 aromatic rings. The van der Waals surface area contributed by atoms with Gasteiger partial charge in [0.05, 0.1) is 23.6 Å². The van der Waals surface area contributed by atoms with E-state index in [0.717, 1.165) is 34.7 Å². The maximum Gasteiger partial charge on any atom is 0.226 e. The van der Waals surface area contributed by atoms with Crippen LogP contribution >= 0.6 is 12.4 Å². The van der Waals surface area contributed by atoms with Crippen molar-refractivity contribution in [3.63, 3.8) is 0 Å². The van der Waals surface area contributed by atoms with Crippen molar-refractivity contribution in [1.29, 1.82) is 0 Å². The van der Waals surface area contributed by atoms with Crippen LogP contribution in [0, 0.1) is 0 Å². The minimum absolute atomic E-state index is 0. The van der Waals surface area contributed by atoms with Gasteiger partial charge in [-0.3, -0.25) is 4.79 Å². The third-order valence-corrected chi connectivity index (χ3v) is 5.38. The summed E-state index contributed by atoms with van der Waals surface area (Å²) in [7, 11) is 0. The number of fused-ring (bicyclic) bond motifs is 1. The number of para-hydroxylation sites is 1. The number of carbonyl (C=O) groups is 1. The first-order valence-corrected chi connectivity index (χ1v) is 10.00. The SMILES string of the molecule is CCC(=O)N1c2ccccc2[C@H](Nc2ccc(-n3cc(CN)nn3)cc2)C[C@@H]1C.Cl. The van der Waals surface area contributed by atoms with Gasteiger partial charge >= 0.3 is 0 Å². The van der Waals surface area contributed by atoms with E-state index in [4.69, 9.17) is 5.73 Å². The first-order valence-electron chi connectivity index (χ1n) is 10.00. The van der Waals surface area contributed by atoms with Gasteiger partial charge in [-0.2, -0.15) is 0 Å². The highest BCUT2D eigenvalue weighted by Gasteiger charge is 2.32. The lowest BCUT2D eigenvalue weighted by Crippen LogP contribution is -2.44. The molecule has 0 saturated carbocycles. The third kappa shape index (κ3) is 4.17. The molecule has 158 valence electrons. The van der Waals surface area contributed by atoms with Crippen LogP contribution < -0.4 is 16.0 Å². The molecule has 1 amide bonds. The fourth-order valence-electron chi connectivity index (χ4n) is 3.93. The molecule has 3 N–H and O–H groups in total. The minimum Gasteiger partial charge on any atom is -0.378 e. The van der Waals surface area contributed by atoms with Crippen LogP contribution in [0.3, 0.4) is 0 Å². The molecule has 2 heterocycles. The summed E-state index contributed by atoms with van der Waals surface area (Å²) in [6, 6.07) is 16.5. The minimum atomic E-state index is 0. The summed E-state index contributed by atoms with van der Waals surface area (Å²) < 4.78 is 1.72. The molecule has 0 saturated heterocycles. The first-order chi connectivity index (χ1) is 14.1. The lowest BCUT2D eigenvalue weighted by atomic mass is 9.91. The van der Waals surface area contributed by atoms with Crippen LogP contribution in [0.2, 0.25) is 0 Å². The van der Waals surface area contributed by atoms with E-state index in [-0.39, 0.29) is 30.4 Å². The molecule has 1 aromatic heterocycles. The van der Waals surface area contributed by atoms with E-state index in [2.05, 4.69) is 28.6 Å². The Labute approximate surface area is 182 Å². The molecule has 2 aromatic carbocycles. The van der Waals surface area contributed by atoms with Crippen LogP contribution in [0.15, 0.2) is 54.7 Å². The first kappa shape index (κ1) is 21.8. The van der Waals surface area contributed by atoms with Gasteiger partial charge in [-0.05, 0) is 49.2 Å². The number of carbonyl (C=O) groups excluding carboxylic acids is 1. The van der Waals surface area contributed by atoms with E-state index in [1.165, 1.54) is 0 Å². The van der Waals surface area contributed by atoms with Crippen molar-refractivity contribution in [1.82, 2.24) is 15.0 Å². The van der Waals surface area contributed by atoms with E-state index >= 15 is 0 Å². The van der Waals surface area contributed by atoms with Crippen LogP contribution in [0.5, 0.6) is 0 Å². The van der Waals surface area contributed by atoms with Gasteiger partial charge in [0, 0.05) is 30.4 Å². The van der Waals surface area contributed by atoms with Crippen LogP contribution in [0.4, 0.5) is 11.4 Å². The summed E-state index contributed by atoms with van der Waals surface area (Å²) >= 11 is 0. The number of aromatic nitrogens is 3. The van der Waals surface area contributed by atoms with Crippen molar-refractivity contribution in [3.05, 3.63) is 66.0 Å². The average Bonchev–Trinajstić information content (AvgIpc) is 3.23. The van der Waals surface area contributed by atoms with Gasteiger partial charge in [-0.25, -0.2) is 4.68 Å². The van der Waals surface area contributed by atoms with Crippen molar-refractivity contribution in [2.45, 2.75) is 45.3 Å². The number of benzene rings is 2. The van der Waals surface area contributed by atoms with Crippen molar-refractivity contribution in [2.24, 2.45) is 5.73 Å². The Balaban J connectivity index is 0.00000256. The highest BCUT2D eigenvalue weighted by Crippen LogP contribution is 2.39. The lowest BCUT2D eigenvalue weighted by Gasteiger charge is -2.40. The maximum absolute atomic E-state index is 12.5. The normalized spacial score (nSPS) is 17.8. The molecular weight excluding hydrogens is 400 g/mol. The number of anilines is 2. The van der Waals surface area contributed by atoms with Gasteiger partial charge in [-0.15, -0.1) is 17.5 Å². The Kier molecular flexibility index (Phi) is 6.74.